The van der Waals surface area contributed by atoms with Crippen LogP contribution in [-0.4, -0.2) is 30.3 Å². The van der Waals surface area contributed by atoms with Crippen LogP contribution in [0.2, 0.25) is 0 Å². The van der Waals surface area contributed by atoms with Crippen LogP contribution in [0.3, 0.4) is 0 Å². The Bertz CT molecular complexity index is 1310. The SMILES string of the molecule is Cc1ccc(OCC(=O)c2nc3c(cc(S(=O)(=O)O)c4ccccc43)o2)cc1. The maximum atomic E-state index is 12.4. The summed E-state index contributed by atoms with van der Waals surface area (Å²) in [7, 11) is -4.48. The number of fused-ring (bicyclic) bond motifs is 3. The monoisotopic (exact) mass is 397 g/mol. The molecule has 0 radical (unpaired) electrons. The molecule has 3 aromatic carbocycles. The van der Waals surface area contributed by atoms with Crippen molar-refractivity contribution in [3.63, 3.8) is 0 Å². The van der Waals surface area contributed by atoms with E-state index in [1.165, 1.54) is 0 Å². The standard InChI is InChI=1S/C20H15NO6S/c1-12-6-8-13(9-7-12)26-11-16(22)20-21-19-15-5-3-2-4-14(15)18(28(23,24)25)10-17(19)27-20/h2-10H,11H2,1H3,(H,23,24,25). The van der Waals surface area contributed by atoms with Crippen LogP contribution >= 0.6 is 0 Å². The lowest BCUT2D eigenvalue weighted by atomic mass is 10.1. The Labute approximate surface area is 160 Å². The van der Waals surface area contributed by atoms with E-state index >= 15 is 0 Å². The predicted octanol–water partition coefficient (Wildman–Crippen LogP) is 3.80. The molecule has 7 nitrogen and oxygen atoms in total. The Morgan fingerprint density at radius 2 is 1.79 bits per heavy atom. The van der Waals surface area contributed by atoms with Crippen molar-refractivity contribution in [1.29, 1.82) is 0 Å². The second kappa shape index (κ2) is 6.74. The van der Waals surface area contributed by atoms with E-state index in [-0.39, 0.29) is 23.0 Å². The molecule has 0 atom stereocenters. The molecule has 0 bridgehead atoms. The van der Waals surface area contributed by atoms with E-state index in [9.17, 15) is 17.8 Å². The molecule has 0 saturated carbocycles. The highest BCUT2D eigenvalue weighted by atomic mass is 32.2. The summed E-state index contributed by atoms with van der Waals surface area (Å²) in [5, 5.41) is 0.746. The molecule has 0 unspecified atom stereocenters. The summed E-state index contributed by atoms with van der Waals surface area (Å²) in [6.45, 7) is 1.66. The molecular formula is C20H15NO6S. The predicted molar refractivity (Wildman–Crippen MR) is 102 cm³/mol. The Morgan fingerprint density at radius 3 is 2.46 bits per heavy atom. The number of ether oxygens (including phenoxy) is 1. The van der Waals surface area contributed by atoms with Crippen molar-refractivity contribution in [3.05, 3.63) is 66.1 Å². The van der Waals surface area contributed by atoms with E-state index in [0.717, 1.165) is 11.6 Å². The van der Waals surface area contributed by atoms with Gasteiger partial charge in [0, 0.05) is 16.8 Å². The molecule has 8 heteroatoms. The third-order valence-electron chi connectivity index (χ3n) is 4.27. The summed E-state index contributed by atoms with van der Waals surface area (Å²) in [5.74, 6) is -0.150. The van der Waals surface area contributed by atoms with Gasteiger partial charge in [0.05, 0.1) is 0 Å². The lowest BCUT2D eigenvalue weighted by Gasteiger charge is -2.03. The van der Waals surface area contributed by atoms with Crippen LogP contribution in [0.5, 0.6) is 5.75 Å². The number of hydrogen-bond acceptors (Lipinski definition) is 6. The van der Waals surface area contributed by atoms with Crippen molar-refractivity contribution in [1.82, 2.24) is 4.98 Å². The number of Topliss-reactive ketones (excluding diaryl/α,β-unsaturated/α-hetero) is 1. The van der Waals surface area contributed by atoms with Gasteiger partial charge < -0.3 is 9.15 Å². The van der Waals surface area contributed by atoms with Crippen LogP contribution in [0.25, 0.3) is 21.9 Å². The smallest absolute Gasteiger partial charge is 0.295 e. The number of carbonyl (C=O) groups is 1. The molecule has 4 aromatic rings. The van der Waals surface area contributed by atoms with Crippen molar-refractivity contribution >= 4 is 37.8 Å². The van der Waals surface area contributed by atoms with Crippen LogP contribution < -0.4 is 4.74 Å². The zero-order chi connectivity index (χ0) is 19.9. The molecule has 0 aliphatic heterocycles. The van der Waals surface area contributed by atoms with Gasteiger partial charge in [-0.25, -0.2) is 4.98 Å². The molecule has 0 spiro atoms. The average Bonchev–Trinajstić information content (AvgIpc) is 3.10. The van der Waals surface area contributed by atoms with Gasteiger partial charge in [-0.1, -0.05) is 42.0 Å². The second-order valence-corrected chi connectivity index (χ2v) is 7.68. The minimum atomic E-state index is -4.48. The molecule has 1 N–H and O–H groups in total. The lowest BCUT2D eigenvalue weighted by Crippen LogP contribution is -2.11. The van der Waals surface area contributed by atoms with E-state index in [1.54, 1.807) is 36.4 Å². The van der Waals surface area contributed by atoms with E-state index in [1.807, 2.05) is 19.1 Å². The number of nitrogens with zero attached hydrogens (tertiary/aromatic N) is 1. The van der Waals surface area contributed by atoms with Gasteiger partial charge in [-0.2, -0.15) is 8.42 Å². The van der Waals surface area contributed by atoms with Gasteiger partial charge >= 0.3 is 0 Å². The maximum Gasteiger partial charge on any atom is 0.295 e. The number of hydrogen-bond donors (Lipinski definition) is 1. The number of aryl methyl sites for hydroxylation is 1. The maximum absolute atomic E-state index is 12.4. The molecule has 0 amide bonds. The lowest BCUT2D eigenvalue weighted by molar-refractivity contribution is 0.0889. The molecule has 1 aromatic heterocycles. The molecule has 142 valence electrons. The Kier molecular flexibility index (Phi) is 4.37. The van der Waals surface area contributed by atoms with Crippen LogP contribution in [0.1, 0.15) is 16.2 Å². The summed E-state index contributed by atoms with van der Waals surface area (Å²) < 4.78 is 43.9. The van der Waals surface area contributed by atoms with Gasteiger partial charge in [0.2, 0.25) is 0 Å². The third kappa shape index (κ3) is 3.35. The normalized spacial score (nSPS) is 11.8. The highest BCUT2D eigenvalue weighted by Crippen LogP contribution is 2.31. The Hall–Kier alpha value is -3.23. The quantitative estimate of drug-likeness (QED) is 0.403. The van der Waals surface area contributed by atoms with Gasteiger partial charge in [0.25, 0.3) is 21.8 Å². The van der Waals surface area contributed by atoms with Gasteiger partial charge in [-0.05, 0) is 19.1 Å². The van der Waals surface area contributed by atoms with Gasteiger partial charge in [0.15, 0.2) is 12.2 Å². The third-order valence-corrected chi connectivity index (χ3v) is 5.16. The fourth-order valence-corrected chi connectivity index (χ4v) is 3.61. The molecule has 0 aliphatic rings. The van der Waals surface area contributed by atoms with Crippen molar-refractivity contribution in [2.75, 3.05) is 6.61 Å². The van der Waals surface area contributed by atoms with Crippen molar-refractivity contribution in [2.45, 2.75) is 11.8 Å². The first-order valence-corrected chi connectivity index (χ1v) is 9.79. The Balaban J connectivity index is 1.72. The number of carbonyl (C=O) groups excluding carboxylic acids is 1. The highest BCUT2D eigenvalue weighted by Gasteiger charge is 2.22. The van der Waals surface area contributed by atoms with Crippen molar-refractivity contribution < 1.29 is 26.9 Å². The van der Waals surface area contributed by atoms with E-state index in [0.29, 0.717) is 22.0 Å². The molecule has 28 heavy (non-hydrogen) atoms. The summed E-state index contributed by atoms with van der Waals surface area (Å²) in [5.41, 5.74) is 1.49. The van der Waals surface area contributed by atoms with E-state index in [4.69, 9.17) is 9.15 Å². The fourth-order valence-electron chi connectivity index (χ4n) is 2.90. The van der Waals surface area contributed by atoms with Gasteiger partial charge in [0.1, 0.15) is 16.2 Å². The van der Waals surface area contributed by atoms with Crippen LogP contribution in [0.15, 0.2) is 63.9 Å². The first-order chi connectivity index (χ1) is 13.3. The molecule has 4 rings (SSSR count). The topological polar surface area (TPSA) is 107 Å². The molecular weight excluding hydrogens is 382 g/mol. The molecule has 1 heterocycles. The van der Waals surface area contributed by atoms with Gasteiger partial charge in [-0.15, -0.1) is 0 Å². The van der Waals surface area contributed by atoms with Crippen molar-refractivity contribution in [3.8, 4) is 5.75 Å². The summed E-state index contributed by atoms with van der Waals surface area (Å²) in [6, 6.07) is 14.9. The minimum absolute atomic E-state index is 0.0880. The largest absolute Gasteiger partial charge is 0.485 e. The van der Waals surface area contributed by atoms with Gasteiger partial charge in [-0.3, -0.25) is 9.35 Å². The highest BCUT2D eigenvalue weighted by molar-refractivity contribution is 7.86. The minimum Gasteiger partial charge on any atom is -0.485 e. The zero-order valence-electron chi connectivity index (χ0n) is 14.7. The Morgan fingerprint density at radius 1 is 1.11 bits per heavy atom. The number of ketones is 1. The summed E-state index contributed by atoms with van der Waals surface area (Å²) in [6.07, 6.45) is 0. The number of oxazole rings is 1. The summed E-state index contributed by atoms with van der Waals surface area (Å²) in [4.78, 5) is 16.3. The molecule has 0 aliphatic carbocycles. The van der Waals surface area contributed by atoms with Crippen LogP contribution in [0, 0.1) is 6.92 Å². The first-order valence-electron chi connectivity index (χ1n) is 8.35. The molecule has 0 fully saturated rings. The van der Waals surface area contributed by atoms with Crippen LogP contribution in [-0.2, 0) is 10.1 Å². The van der Waals surface area contributed by atoms with E-state index < -0.39 is 15.9 Å². The van der Waals surface area contributed by atoms with E-state index in [2.05, 4.69) is 4.98 Å². The van der Waals surface area contributed by atoms with Crippen LogP contribution in [0.4, 0.5) is 0 Å². The zero-order valence-corrected chi connectivity index (χ0v) is 15.6. The average molecular weight is 397 g/mol. The second-order valence-electron chi connectivity index (χ2n) is 6.29. The first kappa shape index (κ1) is 18.1. The fraction of sp³-hybridized carbons (Fsp3) is 0.100. The molecule has 0 saturated heterocycles. The van der Waals surface area contributed by atoms with Crippen molar-refractivity contribution in [2.24, 2.45) is 0 Å². The number of benzene rings is 3. The summed E-state index contributed by atoms with van der Waals surface area (Å²) >= 11 is 0. The number of aromatic nitrogens is 1. The number of rotatable bonds is 5.